The Hall–Kier alpha value is -4.49. The summed E-state index contributed by atoms with van der Waals surface area (Å²) in [5, 5.41) is 11.2. The number of rotatable bonds is 8. The number of nitriles is 1. The number of hydrogen-bond acceptors (Lipinski definition) is 7. The first kappa shape index (κ1) is 32.9. The van der Waals surface area contributed by atoms with Gasteiger partial charge in [0.2, 0.25) is 0 Å². The second kappa shape index (κ2) is 13.9. The average molecular weight is 645 g/mol. The Morgan fingerprint density at radius 2 is 1.80 bits per heavy atom. The molecule has 1 aliphatic heterocycles. The minimum atomic E-state index is -0.558. The van der Waals surface area contributed by atoms with Crippen LogP contribution in [0.1, 0.15) is 76.1 Å². The summed E-state index contributed by atoms with van der Waals surface area (Å²) >= 11 is 6.84. The summed E-state index contributed by atoms with van der Waals surface area (Å²) in [7, 11) is 0. The maximum absolute atomic E-state index is 15.1. The zero-order valence-electron chi connectivity index (χ0n) is 26.8. The molecule has 0 unspecified atom stereocenters. The SMILES string of the molecule is CCCCOC(=O)N1CCN(c2c(C#N)c(=O)n(-c3c(C(C)C)ccnc3C(C)C)c3nc(-c4ccccc4F)c(Cl)cc23)CC1. The maximum Gasteiger partial charge on any atom is 0.409 e. The molecule has 9 nitrogen and oxygen atoms in total. The van der Waals surface area contributed by atoms with Crippen LogP contribution in [0.4, 0.5) is 14.9 Å². The minimum absolute atomic E-state index is 0.00570. The molecule has 0 atom stereocenters. The van der Waals surface area contributed by atoms with E-state index in [1.54, 1.807) is 35.4 Å². The van der Waals surface area contributed by atoms with Crippen molar-refractivity contribution in [2.24, 2.45) is 0 Å². The average Bonchev–Trinajstić information content (AvgIpc) is 3.04. The first-order valence-electron chi connectivity index (χ1n) is 15.7. The molecule has 0 N–H and O–H groups in total. The van der Waals surface area contributed by atoms with Crippen LogP contribution in [-0.2, 0) is 4.74 Å². The predicted octanol–water partition coefficient (Wildman–Crippen LogP) is 7.42. The summed E-state index contributed by atoms with van der Waals surface area (Å²) in [5.74, 6) is -0.566. The lowest BCUT2D eigenvalue weighted by Crippen LogP contribution is -2.49. The van der Waals surface area contributed by atoms with Crippen LogP contribution in [0.3, 0.4) is 0 Å². The number of benzene rings is 1. The van der Waals surface area contributed by atoms with Gasteiger partial charge in [-0.15, -0.1) is 0 Å². The monoisotopic (exact) mass is 644 g/mol. The van der Waals surface area contributed by atoms with Gasteiger partial charge in [0, 0.05) is 43.3 Å². The number of piperazine rings is 1. The molecule has 5 rings (SSSR count). The highest BCUT2D eigenvalue weighted by Crippen LogP contribution is 2.38. The normalized spacial score (nSPS) is 13.5. The van der Waals surface area contributed by atoms with Crippen LogP contribution >= 0.6 is 11.6 Å². The molecule has 0 radical (unpaired) electrons. The van der Waals surface area contributed by atoms with E-state index in [0.29, 0.717) is 55.2 Å². The lowest BCUT2D eigenvalue weighted by atomic mass is 9.96. The number of unbranched alkanes of at least 4 members (excludes halogenated alkanes) is 1. The van der Waals surface area contributed by atoms with E-state index >= 15 is 4.39 Å². The van der Waals surface area contributed by atoms with Gasteiger partial charge in [0.25, 0.3) is 5.56 Å². The Bertz CT molecular complexity index is 1850. The van der Waals surface area contributed by atoms with Gasteiger partial charge >= 0.3 is 6.09 Å². The van der Waals surface area contributed by atoms with Gasteiger partial charge in [-0.1, -0.05) is 64.8 Å². The lowest BCUT2D eigenvalue weighted by molar-refractivity contribution is 0.0990. The number of pyridine rings is 3. The molecule has 4 aromatic rings. The second-order valence-electron chi connectivity index (χ2n) is 12.0. The summed E-state index contributed by atoms with van der Waals surface area (Å²) in [6, 6.07) is 11.9. The standard InChI is InChI=1S/C35H38ClFN6O3/c1-6-7-18-46-35(45)42-16-14-41(15-17-42)31-25-19-27(36)30(24-10-8-9-11-28(24)37)40-33(25)43(34(44)26(31)20-38)32-23(21(2)3)12-13-39-29(32)22(4)5/h8-13,19,21-22H,6-7,14-18H2,1-5H3. The van der Waals surface area contributed by atoms with E-state index in [4.69, 9.17) is 21.3 Å². The molecule has 1 fully saturated rings. The molecule has 0 saturated carbocycles. The van der Waals surface area contributed by atoms with E-state index in [-0.39, 0.29) is 45.4 Å². The van der Waals surface area contributed by atoms with Gasteiger partial charge in [0.15, 0.2) is 0 Å². The smallest absolute Gasteiger partial charge is 0.409 e. The van der Waals surface area contributed by atoms with Crippen molar-refractivity contribution in [3.63, 3.8) is 0 Å². The molecule has 1 aromatic carbocycles. The van der Waals surface area contributed by atoms with Crippen molar-refractivity contribution < 1.29 is 13.9 Å². The van der Waals surface area contributed by atoms with E-state index in [0.717, 1.165) is 18.4 Å². The number of carbonyl (C=O) groups excluding carboxylic acids is 1. The number of amides is 1. The lowest BCUT2D eigenvalue weighted by Gasteiger charge is -2.36. The fraction of sp³-hybridized carbons (Fsp3) is 0.400. The molecular formula is C35H38ClFN6O3. The number of carbonyl (C=O) groups is 1. The summed E-state index contributed by atoms with van der Waals surface area (Å²) in [4.78, 5) is 40.3. The number of nitrogens with zero attached hydrogens (tertiary/aromatic N) is 6. The molecule has 1 aliphatic rings. The molecule has 3 aromatic heterocycles. The van der Waals surface area contributed by atoms with Crippen LogP contribution in [0.2, 0.25) is 5.02 Å². The number of ether oxygens (including phenoxy) is 1. The van der Waals surface area contributed by atoms with Gasteiger partial charge in [-0.05, 0) is 48.1 Å². The van der Waals surface area contributed by atoms with Gasteiger partial charge in [0.05, 0.1) is 34.4 Å². The van der Waals surface area contributed by atoms with Crippen LogP contribution in [0.15, 0.2) is 47.4 Å². The Labute approximate surface area is 273 Å². The summed E-state index contributed by atoms with van der Waals surface area (Å²) in [6.07, 6.45) is 3.05. The zero-order valence-corrected chi connectivity index (χ0v) is 27.6. The molecule has 1 saturated heterocycles. The number of hydrogen-bond donors (Lipinski definition) is 0. The first-order chi connectivity index (χ1) is 22.1. The van der Waals surface area contributed by atoms with Crippen molar-refractivity contribution >= 4 is 34.4 Å². The fourth-order valence-corrected chi connectivity index (χ4v) is 6.13. The van der Waals surface area contributed by atoms with Crippen molar-refractivity contribution in [2.45, 2.75) is 59.3 Å². The Balaban J connectivity index is 1.78. The number of halogens is 2. The van der Waals surface area contributed by atoms with Gasteiger partial charge in [-0.2, -0.15) is 5.26 Å². The van der Waals surface area contributed by atoms with Gasteiger partial charge in [-0.3, -0.25) is 14.3 Å². The van der Waals surface area contributed by atoms with Crippen LogP contribution < -0.4 is 10.5 Å². The molecule has 46 heavy (non-hydrogen) atoms. The van der Waals surface area contributed by atoms with E-state index in [2.05, 4.69) is 11.1 Å². The van der Waals surface area contributed by atoms with Gasteiger partial charge < -0.3 is 14.5 Å². The number of aromatic nitrogens is 3. The van der Waals surface area contributed by atoms with Crippen molar-refractivity contribution in [2.75, 3.05) is 37.7 Å². The Morgan fingerprint density at radius 3 is 2.43 bits per heavy atom. The third kappa shape index (κ3) is 6.16. The minimum Gasteiger partial charge on any atom is -0.449 e. The highest BCUT2D eigenvalue weighted by molar-refractivity contribution is 6.34. The predicted molar refractivity (Wildman–Crippen MR) is 178 cm³/mol. The number of anilines is 1. The third-order valence-electron chi connectivity index (χ3n) is 8.27. The first-order valence-corrected chi connectivity index (χ1v) is 16.1. The van der Waals surface area contributed by atoms with Gasteiger partial charge in [0.1, 0.15) is 23.1 Å². The molecular weight excluding hydrogens is 607 g/mol. The van der Waals surface area contributed by atoms with Crippen molar-refractivity contribution in [3.8, 4) is 23.0 Å². The van der Waals surface area contributed by atoms with Crippen LogP contribution in [0.25, 0.3) is 28.0 Å². The molecule has 0 aliphatic carbocycles. The molecule has 240 valence electrons. The van der Waals surface area contributed by atoms with E-state index < -0.39 is 11.4 Å². The summed E-state index contributed by atoms with van der Waals surface area (Å²) in [6.45, 7) is 11.8. The molecule has 0 bridgehead atoms. The van der Waals surface area contributed by atoms with Crippen molar-refractivity contribution in [1.29, 1.82) is 5.26 Å². The third-order valence-corrected chi connectivity index (χ3v) is 8.56. The van der Waals surface area contributed by atoms with Gasteiger partial charge in [-0.25, -0.2) is 14.2 Å². The van der Waals surface area contributed by atoms with Crippen molar-refractivity contribution in [3.05, 3.63) is 80.6 Å². The van der Waals surface area contributed by atoms with E-state index in [9.17, 15) is 14.9 Å². The van der Waals surface area contributed by atoms with Crippen molar-refractivity contribution in [1.82, 2.24) is 19.4 Å². The van der Waals surface area contributed by atoms with Crippen LogP contribution in [-0.4, -0.2) is 58.3 Å². The Morgan fingerprint density at radius 1 is 1.09 bits per heavy atom. The maximum atomic E-state index is 15.1. The molecule has 0 spiro atoms. The topological polar surface area (TPSA) is 104 Å². The van der Waals surface area contributed by atoms with Crippen LogP contribution in [0, 0.1) is 17.1 Å². The highest BCUT2D eigenvalue weighted by atomic mass is 35.5. The summed E-state index contributed by atoms with van der Waals surface area (Å²) in [5.41, 5.74) is 2.44. The quantitative estimate of drug-likeness (QED) is 0.184. The largest absolute Gasteiger partial charge is 0.449 e. The molecule has 4 heterocycles. The fourth-order valence-electron chi connectivity index (χ4n) is 5.87. The zero-order chi connectivity index (χ0) is 33.1. The van der Waals surface area contributed by atoms with E-state index in [1.807, 2.05) is 45.6 Å². The van der Waals surface area contributed by atoms with E-state index in [1.165, 1.54) is 10.6 Å². The summed E-state index contributed by atoms with van der Waals surface area (Å²) < 4.78 is 22.0. The number of fused-ring (bicyclic) bond motifs is 1. The Kier molecular flexibility index (Phi) is 9.92. The molecule has 1 amide bonds. The van der Waals surface area contributed by atoms with Crippen LogP contribution in [0.5, 0.6) is 0 Å². The molecule has 11 heteroatoms. The second-order valence-corrected chi connectivity index (χ2v) is 12.4. The highest BCUT2D eigenvalue weighted by Gasteiger charge is 2.31.